The normalized spacial score (nSPS) is 10.1. The van der Waals surface area contributed by atoms with Crippen LogP contribution in [0.2, 0.25) is 0 Å². The quantitative estimate of drug-likeness (QED) is 0.863. The molecule has 0 saturated heterocycles. The van der Waals surface area contributed by atoms with Crippen molar-refractivity contribution in [3.63, 3.8) is 0 Å². The number of pyridine rings is 2. The number of esters is 1. The Bertz CT molecular complexity index is 634. The summed E-state index contributed by atoms with van der Waals surface area (Å²) in [5.41, 5.74) is 6.16. The van der Waals surface area contributed by atoms with Crippen LogP contribution in [0, 0.1) is 0 Å². The molecule has 2 aromatic rings. The number of nitrogens with zero attached hydrogens (tertiary/aromatic N) is 2. The van der Waals surface area contributed by atoms with E-state index in [0.29, 0.717) is 5.75 Å². The maximum absolute atomic E-state index is 11.7. The van der Waals surface area contributed by atoms with Crippen LogP contribution in [0.5, 0.6) is 11.6 Å². The molecule has 0 unspecified atom stereocenters. The molecule has 0 spiro atoms. The van der Waals surface area contributed by atoms with Crippen molar-refractivity contribution in [2.24, 2.45) is 0 Å². The topological polar surface area (TPSA) is 87.3 Å². The highest BCUT2D eigenvalue weighted by Gasteiger charge is 2.13. The molecule has 6 nitrogen and oxygen atoms in total. The van der Waals surface area contributed by atoms with E-state index >= 15 is 0 Å². The molecule has 0 amide bonds. The maximum atomic E-state index is 11.7. The van der Waals surface area contributed by atoms with Gasteiger partial charge in [-0.3, -0.25) is 4.98 Å². The van der Waals surface area contributed by atoms with Gasteiger partial charge in [0.1, 0.15) is 5.75 Å². The zero-order valence-corrected chi connectivity index (χ0v) is 12.3. The van der Waals surface area contributed by atoms with Crippen molar-refractivity contribution >= 4 is 27.6 Å². The molecular weight excluding hydrogens is 326 g/mol. The molecule has 0 saturated carbocycles. The number of carbonyl (C=O) groups excluding carboxylic acids is 1. The minimum Gasteiger partial charge on any atom is -0.462 e. The summed E-state index contributed by atoms with van der Waals surface area (Å²) in [6.07, 6.45) is 4.52. The van der Waals surface area contributed by atoms with Gasteiger partial charge in [-0.05, 0) is 28.9 Å². The standard InChI is InChI=1S/C13H12BrN3O3/c1-2-19-13(18)10-4-12(17-7-11(10)15)20-9-3-8(14)5-16-6-9/h3-7H,2,15H2,1H3. The van der Waals surface area contributed by atoms with Crippen molar-refractivity contribution < 1.29 is 14.3 Å². The van der Waals surface area contributed by atoms with E-state index in [0.717, 1.165) is 4.47 Å². The van der Waals surface area contributed by atoms with Crippen LogP contribution in [-0.2, 0) is 4.74 Å². The second-order valence-corrected chi connectivity index (χ2v) is 4.69. The highest BCUT2D eigenvalue weighted by molar-refractivity contribution is 9.10. The van der Waals surface area contributed by atoms with Crippen molar-refractivity contribution in [3.05, 3.63) is 40.8 Å². The summed E-state index contributed by atoms with van der Waals surface area (Å²) in [6.45, 7) is 1.99. The molecule has 2 heterocycles. The molecule has 0 bridgehead atoms. The highest BCUT2D eigenvalue weighted by atomic mass is 79.9. The predicted molar refractivity (Wildman–Crippen MR) is 76.6 cm³/mol. The zero-order valence-electron chi connectivity index (χ0n) is 10.7. The average molecular weight is 338 g/mol. The largest absolute Gasteiger partial charge is 0.462 e. The van der Waals surface area contributed by atoms with E-state index in [1.54, 1.807) is 19.2 Å². The number of ether oxygens (including phenoxy) is 2. The zero-order chi connectivity index (χ0) is 14.5. The van der Waals surface area contributed by atoms with E-state index < -0.39 is 5.97 Å². The Kier molecular flexibility index (Phi) is 4.52. The number of hydrogen-bond donors (Lipinski definition) is 1. The molecule has 2 rings (SSSR count). The summed E-state index contributed by atoms with van der Waals surface area (Å²) in [7, 11) is 0. The minimum absolute atomic E-state index is 0.222. The number of nitrogens with two attached hydrogens (primary N) is 1. The molecular formula is C13H12BrN3O3. The predicted octanol–water partition coefficient (Wildman–Crippen LogP) is 2.79. The monoisotopic (exact) mass is 337 g/mol. The summed E-state index contributed by atoms with van der Waals surface area (Å²) in [6, 6.07) is 3.17. The van der Waals surface area contributed by atoms with E-state index in [-0.39, 0.29) is 23.7 Å². The van der Waals surface area contributed by atoms with Crippen molar-refractivity contribution in [1.29, 1.82) is 0 Å². The fraction of sp³-hybridized carbons (Fsp3) is 0.154. The fourth-order valence-electron chi connectivity index (χ4n) is 1.46. The van der Waals surface area contributed by atoms with E-state index in [1.807, 2.05) is 0 Å². The Morgan fingerprint density at radius 3 is 2.85 bits per heavy atom. The van der Waals surface area contributed by atoms with Gasteiger partial charge in [-0.2, -0.15) is 0 Å². The van der Waals surface area contributed by atoms with Crippen LogP contribution < -0.4 is 10.5 Å². The lowest BCUT2D eigenvalue weighted by Crippen LogP contribution is -2.08. The Hall–Kier alpha value is -2.15. The minimum atomic E-state index is -0.510. The number of carbonyl (C=O) groups is 1. The van der Waals surface area contributed by atoms with Gasteiger partial charge in [0.2, 0.25) is 5.88 Å². The van der Waals surface area contributed by atoms with Gasteiger partial charge >= 0.3 is 5.97 Å². The Morgan fingerprint density at radius 2 is 2.15 bits per heavy atom. The lowest BCUT2D eigenvalue weighted by atomic mass is 10.2. The number of aromatic nitrogens is 2. The fourth-order valence-corrected chi connectivity index (χ4v) is 1.80. The van der Waals surface area contributed by atoms with Gasteiger partial charge in [0.25, 0.3) is 0 Å². The molecule has 0 radical (unpaired) electrons. The number of halogens is 1. The van der Waals surface area contributed by atoms with Crippen LogP contribution in [0.1, 0.15) is 17.3 Å². The molecule has 7 heteroatoms. The number of anilines is 1. The van der Waals surface area contributed by atoms with Crippen molar-refractivity contribution in [2.45, 2.75) is 6.92 Å². The molecule has 104 valence electrons. The summed E-state index contributed by atoms with van der Waals surface area (Å²) >= 11 is 3.29. The molecule has 0 atom stereocenters. The van der Waals surface area contributed by atoms with E-state index in [2.05, 4.69) is 25.9 Å². The number of hydrogen-bond acceptors (Lipinski definition) is 6. The smallest absolute Gasteiger partial charge is 0.340 e. The third-order valence-electron chi connectivity index (χ3n) is 2.31. The van der Waals surface area contributed by atoms with Crippen LogP contribution in [0.25, 0.3) is 0 Å². The second kappa shape index (κ2) is 6.33. The van der Waals surface area contributed by atoms with Crippen LogP contribution in [-0.4, -0.2) is 22.5 Å². The average Bonchev–Trinajstić information content (AvgIpc) is 2.41. The van der Waals surface area contributed by atoms with Crippen molar-refractivity contribution in [1.82, 2.24) is 9.97 Å². The molecule has 2 N–H and O–H groups in total. The van der Waals surface area contributed by atoms with Crippen molar-refractivity contribution in [3.8, 4) is 11.6 Å². The summed E-state index contributed by atoms with van der Waals surface area (Å²) < 4.78 is 11.2. The van der Waals surface area contributed by atoms with Gasteiger partial charge in [-0.15, -0.1) is 0 Å². The molecule has 0 aliphatic rings. The Labute approximate surface area is 124 Å². The van der Waals surface area contributed by atoms with E-state index in [9.17, 15) is 4.79 Å². The summed E-state index contributed by atoms with van der Waals surface area (Å²) in [5.74, 6) is 0.221. The second-order valence-electron chi connectivity index (χ2n) is 3.77. The highest BCUT2D eigenvalue weighted by Crippen LogP contribution is 2.24. The van der Waals surface area contributed by atoms with Crippen LogP contribution in [0.4, 0.5) is 5.69 Å². The lowest BCUT2D eigenvalue weighted by Gasteiger charge is -2.08. The van der Waals surface area contributed by atoms with Gasteiger partial charge in [0, 0.05) is 16.7 Å². The Morgan fingerprint density at radius 1 is 1.35 bits per heavy atom. The molecule has 2 aromatic heterocycles. The van der Waals surface area contributed by atoms with Crippen LogP contribution in [0.3, 0.4) is 0 Å². The number of rotatable bonds is 4. The maximum Gasteiger partial charge on any atom is 0.340 e. The van der Waals surface area contributed by atoms with Gasteiger partial charge in [0.15, 0.2) is 0 Å². The molecule has 20 heavy (non-hydrogen) atoms. The van der Waals surface area contributed by atoms with Crippen molar-refractivity contribution in [2.75, 3.05) is 12.3 Å². The third-order valence-corrected chi connectivity index (χ3v) is 2.74. The SMILES string of the molecule is CCOC(=O)c1cc(Oc2cncc(Br)c2)ncc1N. The van der Waals surface area contributed by atoms with Gasteiger partial charge in [0.05, 0.1) is 30.3 Å². The van der Waals surface area contributed by atoms with E-state index in [4.69, 9.17) is 15.2 Å². The molecule has 0 fully saturated rings. The summed E-state index contributed by atoms with van der Waals surface area (Å²) in [5, 5.41) is 0. The van der Waals surface area contributed by atoms with Gasteiger partial charge < -0.3 is 15.2 Å². The van der Waals surface area contributed by atoms with E-state index in [1.165, 1.54) is 18.5 Å². The van der Waals surface area contributed by atoms with Gasteiger partial charge in [-0.1, -0.05) is 0 Å². The molecule has 0 aromatic carbocycles. The summed E-state index contributed by atoms with van der Waals surface area (Å²) in [4.78, 5) is 19.7. The first kappa shape index (κ1) is 14.3. The number of nitrogen functional groups attached to an aromatic ring is 1. The molecule has 0 aliphatic carbocycles. The first-order chi connectivity index (χ1) is 9.60. The third kappa shape index (κ3) is 3.45. The molecule has 0 aliphatic heterocycles. The lowest BCUT2D eigenvalue weighted by molar-refractivity contribution is 0.0527. The first-order valence-electron chi connectivity index (χ1n) is 5.81. The van der Waals surface area contributed by atoms with Gasteiger partial charge in [-0.25, -0.2) is 9.78 Å². The van der Waals surface area contributed by atoms with Crippen LogP contribution in [0.15, 0.2) is 35.2 Å². The van der Waals surface area contributed by atoms with Crippen LogP contribution >= 0.6 is 15.9 Å². The Balaban J connectivity index is 2.25. The first-order valence-corrected chi connectivity index (χ1v) is 6.60.